The van der Waals surface area contributed by atoms with Crippen LogP contribution in [0.3, 0.4) is 0 Å². The molecule has 0 spiro atoms. The number of alkyl halides is 3. The van der Waals surface area contributed by atoms with Gasteiger partial charge in [-0.25, -0.2) is 0 Å². The first-order valence-corrected chi connectivity index (χ1v) is 7.90. The zero-order chi connectivity index (χ0) is 15.9. The summed E-state index contributed by atoms with van der Waals surface area (Å²) in [5.74, 6) is 1.99. The second kappa shape index (κ2) is 5.46. The minimum absolute atomic E-state index is 0.0480. The van der Waals surface area contributed by atoms with Crippen LogP contribution in [0.1, 0.15) is 23.7 Å². The van der Waals surface area contributed by atoms with Gasteiger partial charge in [-0.15, -0.1) is 0 Å². The SMILES string of the molecule is Nc1oc(C2CCSC2)c(O)c1-c1cccc(C(F)(F)F)c1. The van der Waals surface area contributed by atoms with Crippen molar-refractivity contribution in [3.8, 4) is 16.9 Å². The molecule has 1 saturated heterocycles. The first-order chi connectivity index (χ1) is 10.4. The van der Waals surface area contributed by atoms with E-state index >= 15 is 0 Å². The van der Waals surface area contributed by atoms with E-state index in [1.165, 1.54) is 12.1 Å². The molecule has 22 heavy (non-hydrogen) atoms. The van der Waals surface area contributed by atoms with E-state index in [-0.39, 0.29) is 28.7 Å². The Bertz CT molecular complexity index is 691. The monoisotopic (exact) mass is 329 g/mol. The zero-order valence-corrected chi connectivity index (χ0v) is 12.3. The summed E-state index contributed by atoms with van der Waals surface area (Å²) in [6.45, 7) is 0. The highest BCUT2D eigenvalue weighted by Gasteiger charge is 2.32. The summed E-state index contributed by atoms with van der Waals surface area (Å²) >= 11 is 1.74. The largest absolute Gasteiger partial charge is 0.504 e. The molecule has 1 aliphatic heterocycles. The summed E-state index contributed by atoms with van der Waals surface area (Å²) in [7, 11) is 0. The maximum Gasteiger partial charge on any atom is 0.416 e. The fourth-order valence-corrected chi connectivity index (χ4v) is 3.83. The van der Waals surface area contributed by atoms with Gasteiger partial charge in [0.25, 0.3) is 0 Å². The Labute approximate surface area is 129 Å². The van der Waals surface area contributed by atoms with Crippen molar-refractivity contribution in [3.63, 3.8) is 0 Å². The average molecular weight is 329 g/mol. The van der Waals surface area contributed by atoms with Gasteiger partial charge < -0.3 is 15.3 Å². The standard InChI is InChI=1S/C15H14F3NO2S/c16-15(17,18)10-3-1-2-8(6-10)11-12(20)13(21-14(11)19)9-4-5-22-7-9/h1-3,6,9,20H,4-5,7,19H2. The molecule has 2 heterocycles. The highest BCUT2D eigenvalue weighted by molar-refractivity contribution is 7.99. The van der Waals surface area contributed by atoms with E-state index in [9.17, 15) is 18.3 Å². The number of nitrogens with two attached hydrogens (primary N) is 1. The molecule has 1 atom stereocenters. The van der Waals surface area contributed by atoms with E-state index in [2.05, 4.69) is 0 Å². The van der Waals surface area contributed by atoms with Crippen molar-refractivity contribution in [2.45, 2.75) is 18.5 Å². The summed E-state index contributed by atoms with van der Waals surface area (Å²) in [6.07, 6.45) is -3.59. The lowest BCUT2D eigenvalue weighted by Crippen LogP contribution is -2.04. The topological polar surface area (TPSA) is 59.4 Å². The highest BCUT2D eigenvalue weighted by Crippen LogP contribution is 2.47. The molecule has 3 N–H and O–H groups in total. The molecular weight excluding hydrogens is 315 g/mol. The molecule has 0 aliphatic carbocycles. The smallest absolute Gasteiger partial charge is 0.416 e. The summed E-state index contributed by atoms with van der Waals surface area (Å²) < 4.78 is 43.9. The number of rotatable bonds is 2. The number of nitrogen functional groups attached to an aromatic ring is 1. The maximum atomic E-state index is 12.8. The van der Waals surface area contributed by atoms with Gasteiger partial charge in [0.1, 0.15) is 0 Å². The molecule has 1 aliphatic rings. The van der Waals surface area contributed by atoms with E-state index < -0.39 is 11.7 Å². The Morgan fingerprint density at radius 3 is 2.73 bits per heavy atom. The second-order valence-electron chi connectivity index (χ2n) is 5.19. The van der Waals surface area contributed by atoms with Crippen LogP contribution in [0.4, 0.5) is 19.1 Å². The predicted octanol–water partition coefficient (Wildman–Crippen LogP) is 4.47. The van der Waals surface area contributed by atoms with Crippen LogP contribution in [0, 0.1) is 0 Å². The van der Waals surface area contributed by atoms with Crippen molar-refractivity contribution in [2.24, 2.45) is 0 Å². The van der Waals surface area contributed by atoms with Gasteiger partial charge in [-0.05, 0) is 29.9 Å². The molecular formula is C15H14F3NO2S. The fraction of sp³-hybridized carbons (Fsp3) is 0.333. The van der Waals surface area contributed by atoms with E-state index in [0.29, 0.717) is 5.76 Å². The van der Waals surface area contributed by atoms with Crippen LogP contribution in [0.15, 0.2) is 28.7 Å². The molecule has 1 fully saturated rings. The third-order valence-electron chi connectivity index (χ3n) is 3.72. The Kier molecular flexibility index (Phi) is 3.76. The fourth-order valence-electron chi connectivity index (χ4n) is 2.61. The molecule has 1 aromatic carbocycles. The number of halogens is 3. The normalized spacial score (nSPS) is 18.8. The summed E-state index contributed by atoms with van der Waals surface area (Å²) in [5.41, 5.74) is 5.33. The molecule has 3 nitrogen and oxygen atoms in total. The van der Waals surface area contributed by atoms with Gasteiger partial charge in [0, 0.05) is 11.7 Å². The number of anilines is 1. The van der Waals surface area contributed by atoms with Crippen molar-refractivity contribution in [2.75, 3.05) is 17.2 Å². The van der Waals surface area contributed by atoms with Gasteiger partial charge in [-0.1, -0.05) is 12.1 Å². The molecule has 2 aromatic rings. The van der Waals surface area contributed by atoms with Crippen molar-refractivity contribution in [1.29, 1.82) is 0 Å². The van der Waals surface area contributed by atoms with Crippen LogP contribution in [0.2, 0.25) is 0 Å². The summed E-state index contributed by atoms with van der Waals surface area (Å²) in [5, 5.41) is 10.4. The number of furan rings is 1. The molecule has 0 amide bonds. The van der Waals surface area contributed by atoms with Crippen LogP contribution < -0.4 is 5.73 Å². The number of hydrogen-bond acceptors (Lipinski definition) is 4. The molecule has 1 unspecified atom stereocenters. The lowest BCUT2D eigenvalue weighted by molar-refractivity contribution is -0.137. The third-order valence-corrected chi connectivity index (χ3v) is 4.88. The second-order valence-corrected chi connectivity index (χ2v) is 6.34. The molecule has 0 bridgehead atoms. The molecule has 7 heteroatoms. The van der Waals surface area contributed by atoms with Crippen LogP contribution in [-0.2, 0) is 6.18 Å². The van der Waals surface area contributed by atoms with E-state index in [4.69, 9.17) is 10.2 Å². The van der Waals surface area contributed by atoms with Crippen molar-refractivity contribution < 1.29 is 22.7 Å². The first kappa shape index (κ1) is 15.1. The van der Waals surface area contributed by atoms with Crippen molar-refractivity contribution in [1.82, 2.24) is 0 Å². The minimum Gasteiger partial charge on any atom is -0.504 e. The lowest BCUT2D eigenvalue weighted by atomic mass is 10.0. The van der Waals surface area contributed by atoms with Crippen molar-refractivity contribution >= 4 is 17.6 Å². The molecule has 3 rings (SSSR count). The lowest BCUT2D eigenvalue weighted by Gasteiger charge is -2.08. The number of aromatic hydroxyl groups is 1. The van der Waals surface area contributed by atoms with Gasteiger partial charge in [0.05, 0.1) is 11.1 Å². The number of benzene rings is 1. The third kappa shape index (κ3) is 2.65. The van der Waals surface area contributed by atoms with Crippen molar-refractivity contribution in [3.05, 3.63) is 35.6 Å². The van der Waals surface area contributed by atoms with Gasteiger partial charge >= 0.3 is 6.18 Å². The quantitative estimate of drug-likeness (QED) is 0.853. The van der Waals surface area contributed by atoms with Gasteiger partial charge in [-0.3, -0.25) is 0 Å². The van der Waals surface area contributed by atoms with Gasteiger partial charge in [-0.2, -0.15) is 24.9 Å². The highest BCUT2D eigenvalue weighted by atomic mass is 32.2. The van der Waals surface area contributed by atoms with E-state index in [1.807, 2.05) is 0 Å². The van der Waals surface area contributed by atoms with E-state index in [0.717, 1.165) is 30.1 Å². The summed E-state index contributed by atoms with van der Waals surface area (Å²) in [4.78, 5) is 0. The van der Waals surface area contributed by atoms with E-state index in [1.54, 1.807) is 11.8 Å². The Hall–Kier alpha value is -1.76. The van der Waals surface area contributed by atoms with Crippen LogP contribution in [0.25, 0.3) is 11.1 Å². The average Bonchev–Trinajstić information content (AvgIpc) is 3.06. The predicted molar refractivity (Wildman–Crippen MR) is 79.9 cm³/mol. The number of thioether (sulfide) groups is 1. The van der Waals surface area contributed by atoms with Gasteiger partial charge in [0.15, 0.2) is 11.5 Å². The molecule has 0 saturated carbocycles. The van der Waals surface area contributed by atoms with Crippen LogP contribution in [0.5, 0.6) is 5.75 Å². The molecule has 0 radical (unpaired) electrons. The minimum atomic E-state index is -4.45. The van der Waals surface area contributed by atoms with Crippen LogP contribution >= 0.6 is 11.8 Å². The first-order valence-electron chi connectivity index (χ1n) is 6.74. The van der Waals surface area contributed by atoms with Crippen LogP contribution in [-0.4, -0.2) is 16.6 Å². The van der Waals surface area contributed by atoms with Gasteiger partial charge in [0.2, 0.25) is 5.88 Å². The Morgan fingerprint density at radius 2 is 2.09 bits per heavy atom. The maximum absolute atomic E-state index is 12.8. The summed E-state index contributed by atoms with van der Waals surface area (Å²) in [6, 6.07) is 4.71. The number of hydrogen-bond donors (Lipinski definition) is 2. The molecule has 1 aromatic heterocycles. The molecule has 118 valence electrons. The Balaban J connectivity index is 2.05. The Morgan fingerprint density at radius 1 is 1.32 bits per heavy atom. The zero-order valence-electron chi connectivity index (χ0n) is 11.5.